The number of esters is 1. The van der Waals surface area contributed by atoms with E-state index in [2.05, 4.69) is 20.6 Å². The number of carbonyl (C=O) groups excluding carboxylic acids is 2. The van der Waals surface area contributed by atoms with Crippen molar-refractivity contribution in [1.82, 2.24) is 19.1 Å². The van der Waals surface area contributed by atoms with Gasteiger partial charge in [0.25, 0.3) is 11.1 Å². The number of ether oxygens (including phenoxy) is 1. The minimum absolute atomic E-state index is 0.00730. The van der Waals surface area contributed by atoms with Crippen LogP contribution in [-0.2, 0) is 9.53 Å². The van der Waals surface area contributed by atoms with E-state index in [1.165, 1.54) is 18.2 Å². The number of ketones is 1. The molecule has 0 unspecified atom stereocenters. The van der Waals surface area contributed by atoms with Gasteiger partial charge in [0, 0.05) is 24.6 Å². The molecule has 3 heterocycles. The van der Waals surface area contributed by atoms with Crippen LogP contribution in [0, 0.1) is 23.3 Å². The molecule has 0 spiro atoms. The fourth-order valence-electron chi connectivity index (χ4n) is 5.62. The lowest BCUT2D eigenvalue weighted by Crippen LogP contribution is -2.42. The van der Waals surface area contributed by atoms with Gasteiger partial charge in [0.15, 0.2) is 29.1 Å². The molecule has 53 heavy (non-hydrogen) atoms. The van der Waals surface area contributed by atoms with Gasteiger partial charge in [-0.3, -0.25) is 38.3 Å². The van der Waals surface area contributed by atoms with Crippen molar-refractivity contribution in [2.75, 3.05) is 10.6 Å². The number of hydrogen-bond donors (Lipinski definition) is 4. The lowest BCUT2D eigenvalue weighted by Gasteiger charge is -2.26. The van der Waals surface area contributed by atoms with Crippen LogP contribution in [0.2, 0.25) is 0 Å². The van der Waals surface area contributed by atoms with E-state index < -0.39 is 81.2 Å². The van der Waals surface area contributed by atoms with Crippen LogP contribution in [0.4, 0.5) is 29.2 Å². The zero-order chi connectivity index (χ0) is 39.5. The lowest BCUT2D eigenvalue weighted by atomic mass is 9.94. The Morgan fingerprint density at radius 3 is 1.96 bits per heavy atom. The highest BCUT2D eigenvalue weighted by molar-refractivity contribution is 6.02. The Labute approximate surface area is 300 Å². The topological polar surface area (TPSA) is 177 Å². The predicted molar refractivity (Wildman–Crippen MR) is 188 cm³/mol. The molecule has 0 fully saturated rings. The zero-order valence-corrected chi connectivity index (χ0v) is 30.0. The number of fused-ring (bicyclic) bond motifs is 1. The van der Waals surface area contributed by atoms with E-state index >= 15 is 0 Å². The van der Waals surface area contributed by atoms with E-state index in [0.717, 1.165) is 33.4 Å². The van der Waals surface area contributed by atoms with Gasteiger partial charge in [-0.05, 0) is 83.9 Å². The van der Waals surface area contributed by atoms with Gasteiger partial charge in [-0.1, -0.05) is 12.1 Å². The Hall–Kier alpha value is -5.74. The van der Waals surface area contributed by atoms with Gasteiger partial charge in [0.2, 0.25) is 0 Å². The Balaban J connectivity index is 0.000000240. The molecular formula is C36H40F4N6O7. The van der Waals surface area contributed by atoms with E-state index in [1.54, 1.807) is 48.5 Å². The third-order valence-electron chi connectivity index (χ3n) is 7.93. The van der Waals surface area contributed by atoms with Gasteiger partial charge in [-0.15, -0.1) is 0 Å². The van der Waals surface area contributed by atoms with Gasteiger partial charge in [-0.2, -0.15) is 0 Å². The molecule has 4 aromatic rings. The first-order valence-electron chi connectivity index (χ1n) is 16.6. The molecule has 0 saturated carbocycles. The minimum atomic E-state index is -1.08. The second kappa shape index (κ2) is 15.9. The third-order valence-corrected chi connectivity index (χ3v) is 7.93. The van der Waals surface area contributed by atoms with Crippen LogP contribution < -0.4 is 33.1 Å². The van der Waals surface area contributed by atoms with Gasteiger partial charge >= 0.3 is 17.3 Å². The third kappa shape index (κ3) is 9.58. The normalized spacial score (nSPS) is 14.6. The van der Waals surface area contributed by atoms with Crippen molar-refractivity contribution in [3.63, 3.8) is 0 Å². The Morgan fingerprint density at radius 2 is 1.42 bits per heavy atom. The number of benzene rings is 2. The Bertz CT molecular complexity index is 2240. The van der Waals surface area contributed by atoms with Crippen LogP contribution in [-0.4, -0.2) is 36.5 Å². The molecule has 2 aromatic carbocycles. The molecule has 0 radical (unpaired) electrons. The number of nitrogens with zero attached hydrogens (tertiary/aromatic N) is 2. The number of H-pyrrole nitrogens is 2. The van der Waals surface area contributed by atoms with Crippen molar-refractivity contribution >= 4 is 23.4 Å². The van der Waals surface area contributed by atoms with E-state index in [0.29, 0.717) is 5.56 Å². The number of halogens is 4. The summed E-state index contributed by atoms with van der Waals surface area (Å²) >= 11 is 0. The minimum Gasteiger partial charge on any atom is -0.460 e. The second-order valence-electron chi connectivity index (χ2n) is 13.9. The van der Waals surface area contributed by atoms with Crippen molar-refractivity contribution in [3.8, 4) is 0 Å². The molecule has 5 rings (SSSR count). The number of anilines is 2. The monoisotopic (exact) mass is 744 g/mol. The lowest BCUT2D eigenvalue weighted by molar-refractivity contribution is -0.155. The molecular weight excluding hydrogens is 704 g/mol. The van der Waals surface area contributed by atoms with E-state index in [9.17, 15) is 46.3 Å². The number of rotatable bonds is 8. The maximum Gasteiger partial charge on any atom is 0.330 e. The molecule has 0 amide bonds. The summed E-state index contributed by atoms with van der Waals surface area (Å²) in [6.07, 6.45) is -0.338. The maximum atomic E-state index is 13.7. The fraction of sp³-hybridized carbons (Fsp3) is 0.389. The van der Waals surface area contributed by atoms with Crippen molar-refractivity contribution in [2.45, 2.75) is 91.1 Å². The smallest absolute Gasteiger partial charge is 0.330 e. The molecule has 0 aliphatic carbocycles. The number of aromatic amines is 2. The molecule has 2 atom stereocenters. The fourth-order valence-corrected chi connectivity index (χ4v) is 5.62. The molecule has 4 N–H and O–H groups in total. The van der Waals surface area contributed by atoms with Gasteiger partial charge in [0.1, 0.15) is 22.8 Å². The van der Waals surface area contributed by atoms with Crippen molar-refractivity contribution < 1.29 is 31.9 Å². The summed E-state index contributed by atoms with van der Waals surface area (Å²) < 4.78 is 60.8. The molecule has 0 bridgehead atoms. The van der Waals surface area contributed by atoms with Crippen molar-refractivity contribution in [1.29, 1.82) is 0 Å². The van der Waals surface area contributed by atoms with Crippen LogP contribution in [0.25, 0.3) is 0 Å². The molecule has 17 heteroatoms. The molecule has 1 aliphatic rings. The molecule has 284 valence electrons. The Kier molecular flexibility index (Phi) is 12.0. The molecule has 0 saturated heterocycles. The van der Waals surface area contributed by atoms with E-state index in [4.69, 9.17) is 4.74 Å². The summed E-state index contributed by atoms with van der Waals surface area (Å²) in [6, 6.07) is 5.39. The summed E-state index contributed by atoms with van der Waals surface area (Å²) in [7, 11) is 0. The number of Topliss-reactive ketones (excluding diaryl/α,β-unsaturated/α-hetero) is 1. The van der Waals surface area contributed by atoms with E-state index in [1.807, 2.05) is 0 Å². The second-order valence-corrected chi connectivity index (χ2v) is 13.9. The number of nitrogens with one attached hydrogen (secondary N) is 4. The molecule has 13 nitrogen and oxygen atoms in total. The number of carbonyl (C=O) groups is 2. The average Bonchev–Trinajstić information content (AvgIpc) is 3.01. The summed E-state index contributed by atoms with van der Waals surface area (Å²) in [6.45, 7) is 11.8. The summed E-state index contributed by atoms with van der Waals surface area (Å²) in [5.41, 5.74) is -2.72. The van der Waals surface area contributed by atoms with Crippen LogP contribution >= 0.6 is 0 Å². The first-order chi connectivity index (χ1) is 24.7. The van der Waals surface area contributed by atoms with Crippen LogP contribution in [0.5, 0.6) is 0 Å². The highest BCUT2D eigenvalue weighted by Crippen LogP contribution is 2.30. The van der Waals surface area contributed by atoms with Gasteiger partial charge in [0.05, 0.1) is 18.5 Å². The van der Waals surface area contributed by atoms with Gasteiger partial charge in [-0.25, -0.2) is 27.2 Å². The SMILES string of the molecule is CC(C)n1c(=O)[nH]c2c(c1=O)C(=O)C[C@H](c1ccc(F)c(F)c1)N2.CC(C)n1c(=O)cc(N[C@H](CC(=O)OC(C)(C)C)c2ccc(F)c(F)c2)[nH]c1=O. The highest BCUT2D eigenvalue weighted by atomic mass is 19.2. The quantitative estimate of drug-likeness (QED) is 0.136. The first-order valence-corrected chi connectivity index (χ1v) is 16.6. The summed E-state index contributed by atoms with van der Waals surface area (Å²) in [5.74, 6) is -5.12. The van der Waals surface area contributed by atoms with Crippen molar-refractivity contribution in [3.05, 3.63) is 124 Å². The zero-order valence-electron chi connectivity index (χ0n) is 30.0. The van der Waals surface area contributed by atoms with E-state index in [-0.39, 0.29) is 41.6 Å². The number of aromatic nitrogens is 4. The van der Waals surface area contributed by atoms with Crippen molar-refractivity contribution in [2.24, 2.45) is 0 Å². The standard InChI is InChI=1S/C20H25F2N3O4.C16H15F2N3O3/c1-11(2)25-17(26)10-16(24-19(25)28)23-15(9-18(27)29-20(3,4)5)12-6-7-13(21)14(22)8-12;1-7(2)21-15(23)13-12(22)6-11(19-14(13)20-16(21)24)8-3-4-9(17)10(18)5-8/h6-8,10-11,15,23H,9H2,1-5H3,(H,24,28);3-5,7,11,19H,6H2,1-2H3,(H,20,24)/t15-;11-/m11/s1. The van der Waals surface area contributed by atoms with Gasteiger partial charge < -0.3 is 15.4 Å². The van der Waals surface area contributed by atoms with Crippen LogP contribution in [0.3, 0.4) is 0 Å². The average molecular weight is 745 g/mol. The molecule has 2 aromatic heterocycles. The summed E-state index contributed by atoms with van der Waals surface area (Å²) in [4.78, 5) is 78.6. The summed E-state index contributed by atoms with van der Waals surface area (Å²) in [5, 5.41) is 5.71. The predicted octanol–water partition coefficient (Wildman–Crippen LogP) is 5.42. The highest BCUT2D eigenvalue weighted by Gasteiger charge is 2.31. The van der Waals surface area contributed by atoms with Crippen LogP contribution in [0.1, 0.15) is 107 Å². The van der Waals surface area contributed by atoms with Crippen LogP contribution in [0.15, 0.2) is 61.6 Å². The largest absolute Gasteiger partial charge is 0.460 e. The number of hydrogen-bond acceptors (Lipinski definition) is 9. The maximum absolute atomic E-state index is 13.7. The Morgan fingerprint density at radius 1 is 0.830 bits per heavy atom. The first kappa shape index (κ1) is 40.0. The molecule has 1 aliphatic heterocycles.